The van der Waals surface area contributed by atoms with E-state index < -0.39 is 0 Å². The largest absolute Gasteiger partial charge is 0.381 e. The SMILES string of the molecule is CN=C(NCCCOCC(C)C)NCC(C)(C)N1CC(C)OC(C)C1.I. The highest BCUT2D eigenvalue weighted by Gasteiger charge is 2.33. The Morgan fingerprint density at radius 3 is 2.38 bits per heavy atom. The van der Waals surface area contributed by atoms with Crippen molar-refractivity contribution >= 4 is 29.9 Å². The first-order valence-corrected chi connectivity index (χ1v) is 9.67. The number of morpholine rings is 1. The summed E-state index contributed by atoms with van der Waals surface area (Å²) >= 11 is 0. The lowest BCUT2D eigenvalue weighted by atomic mass is 10.00. The summed E-state index contributed by atoms with van der Waals surface area (Å²) in [6.07, 6.45) is 1.55. The summed E-state index contributed by atoms with van der Waals surface area (Å²) in [7, 11) is 1.82. The third kappa shape index (κ3) is 10.3. The lowest BCUT2D eigenvalue weighted by Gasteiger charge is -2.45. The molecule has 0 aromatic rings. The van der Waals surface area contributed by atoms with Crippen molar-refractivity contribution in [2.45, 2.75) is 65.7 Å². The highest BCUT2D eigenvalue weighted by Crippen LogP contribution is 2.20. The predicted octanol–water partition coefficient (Wildman–Crippen LogP) is 2.72. The minimum Gasteiger partial charge on any atom is -0.381 e. The second kappa shape index (κ2) is 13.1. The number of ether oxygens (including phenoxy) is 2. The fourth-order valence-electron chi connectivity index (χ4n) is 3.00. The molecule has 0 saturated carbocycles. The Kier molecular flexibility index (Phi) is 13.1. The standard InChI is InChI=1S/C19H40N4O2.HI/c1-15(2)13-24-10-8-9-21-18(20-7)22-14-19(5,6)23-11-16(3)25-17(4)12-23;/h15-17H,8-14H2,1-7H3,(H2,20,21,22);1H. The van der Waals surface area contributed by atoms with Crippen LogP contribution in [0.3, 0.4) is 0 Å². The molecule has 156 valence electrons. The van der Waals surface area contributed by atoms with Gasteiger partial charge < -0.3 is 20.1 Å². The molecule has 2 atom stereocenters. The van der Waals surface area contributed by atoms with Crippen molar-refractivity contribution in [3.63, 3.8) is 0 Å². The van der Waals surface area contributed by atoms with Crippen LogP contribution in [0.4, 0.5) is 0 Å². The monoisotopic (exact) mass is 484 g/mol. The van der Waals surface area contributed by atoms with Gasteiger partial charge in [0.1, 0.15) is 0 Å². The number of halogens is 1. The Morgan fingerprint density at radius 2 is 1.85 bits per heavy atom. The zero-order valence-electron chi connectivity index (χ0n) is 17.8. The quantitative estimate of drug-likeness (QED) is 0.228. The third-order valence-corrected chi connectivity index (χ3v) is 4.40. The number of rotatable bonds is 9. The average molecular weight is 484 g/mol. The smallest absolute Gasteiger partial charge is 0.191 e. The zero-order valence-corrected chi connectivity index (χ0v) is 20.1. The first-order valence-electron chi connectivity index (χ1n) is 9.67. The summed E-state index contributed by atoms with van der Waals surface area (Å²) in [6, 6.07) is 0. The molecule has 26 heavy (non-hydrogen) atoms. The van der Waals surface area contributed by atoms with Crippen LogP contribution in [0.15, 0.2) is 4.99 Å². The molecule has 0 aromatic heterocycles. The lowest BCUT2D eigenvalue weighted by Crippen LogP contribution is -2.59. The Bertz CT molecular complexity index is 395. The maximum absolute atomic E-state index is 5.85. The van der Waals surface area contributed by atoms with E-state index in [1.165, 1.54) is 0 Å². The van der Waals surface area contributed by atoms with Crippen molar-refractivity contribution in [3.8, 4) is 0 Å². The van der Waals surface area contributed by atoms with E-state index in [2.05, 4.69) is 62.1 Å². The van der Waals surface area contributed by atoms with Gasteiger partial charge in [0.05, 0.1) is 12.2 Å². The molecule has 1 saturated heterocycles. The molecule has 1 aliphatic heterocycles. The highest BCUT2D eigenvalue weighted by atomic mass is 127. The minimum absolute atomic E-state index is 0. The molecule has 2 unspecified atom stereocenters. The molecule has 0 bridgehead atoms. The van der Waals surface area contributed by atoms with Crippen molar-refractivity contribution in [1.82, 2.24) is 15.5 Å². The maximum atomic E-state index is 5.85. The van der Waals surface area contributed by atoms with Gasteiger partial charge in [-0.2, -0.15) is 0 Å². The van der Waals surface area contributed by atoms with E-state index in [1.54, 1.807) is 0 Å². The summed E-state index contributed by atoms with van der Waals surface area (Å²) in [4.78, 5) is 6.83. The number of hydrogen-bond donors (Lipinski definition) is 2. The summed E-state index contributed by atoms with van der Waals surface area (Å²) in [6.45, 7) is 18.5. The molecule has 1 fully saturated rings. The van der Waals surface area contributed by atoms with E-state index in [0.717, 1.165) is 51.8 Å². The van der Waals surface area contributed by atoms with Crippen LogP contribution in [0.2, 0.25) is 0 Å². The Balaban J connectivity index is 0.00000625. The Labute approximate surface area is 177 Å². The van der Waals surface area contributed by atoms with Crippen LogP contribution in [0.1, 0.15) is 48.0 Å². The van der Waals surface area contributed by atoms with Crippen LogP contribution in [0.5, 0.6) is 0 Å². The molecule has 0 radical (unpaired) electrons. The first-order chi connectivity index (χ1) is 11.7. The van der Waals surface area contributed by atoms with Gasteiger partial charge in [-0.15, -0.1) is 24.0 Å². The molecule has 6 nitrogen and oxygen atoms in total. The molecule has 0 amide bonds. The molecule has 7 heteroatoms. The van der Waals surface area contributed by atoms with E-state index in [1.807, 2.05) is 7.05 Å². The van der Waals surface area contributed by atoms with Crippen molar-refractivity contribution in [2.24, 2.45) is 10.9 Å². The van der Waals surface area contributed by atoms with Gasteiger partial charge in [0.25, 0.3) is 0 Å². The predicted molar refractivity (Wildman–Crippen MR) is 121 cm³/mol. The van der Waals surface area contributed by atoms with Crippen LogP contribution >= 0.6 is 24.0 Å². The van der Waals surface area contributed by atoms with Crippen LogP contribution in [0.25, 0.3) is 0 Å². The second-order valence-electron chi connectivity index (χ2n) is 8.15. The van der Waals surface area contributed by atoms with Crippen LogP contribution in [0, 0.1) is 5.92 Å². The van der Waals surface area contributed by atoms with Crippen molar-refractivity contribution < 1.29 is 9.47 Å². The van der Waals surface area contributed by atoms with Gasteiger partial charge in [0.2, 0.25) is 0 Å². The molecular formula is C19H41IN4O2. The van der Waals surface area contributed by atoms with Gasteiger partial charge in [-0.3, -0.25) is 9.89 Å². The van der Waals surface area contributed by atoms with Gasteiger partial charge >= 0.3 is 0 Å². The summed E-state index contributed by atoms with van der Waals surface area (Å²) in [5, 5.41) is 6.83. The van der Waals surface area contributed by atoms with E-state index in [9.17, 15) is 0 Å². The molecule has 0 spiro atoms. The van der Waals surface area contributed by atoms with Gasteiger partial charge in [-0.25, -0.2) is 0 Å². The molecule has 0 aliphatic carbocycles. The van der Waals surface area contributed by atoms with Crippen molar-refractivity contribution in [1.29, 1.82) is 0 Å². The van der Waals surface area contributed by atoms with E-state index in [0.29, 0.717) is 5.92 Å². The first kappa shape index (κ1) is 25.9. The van der Waals surface area contributed by atoms with E-state index in [-0.39, 0.29) is 41.7 Å². The van der Waals surface area contributed by atoms with Crippen molar-refractivity contribution in [3.05, 3.63) is 0 Å². The fourth-order valence-corrected chi connectivity index (χ4v) is 3.00. The second-order valence-corrected chi connectivity index (χ2v) is 8.15. The van der Waals surface area contributed by atoms with E-state index in [4.69, 9.17) is 9.47 Å². The number of guanidine groups is 1. The molecular weight excluding hydrogens is 443 g/mol. The molecule has 1 rings (SSSR count). The molecule has 1 aliphatic rings. The number of hydrogen-bond acceptors (Lipinski definition) is 4. The highest BCUT2D eigenvalue weighted by molar-refractivity contribution is 14.0. The summed E-state index contributed by atoms with van der Waals surface area (Å²) < 4.78 is 11.5. The average Bonchev–Trinajstić information content (AvgIpc) is 2.52. The van der Waals surface area contributed by atoms with Crippen LogP contribution in [-0.4, -0.2) is 75.0 Å². The summed E-state index contributed by atoms with van der Waals surface area (Å²) in [5.74, 6) is 1.45. The topological polar surface area (TPSA) is 58.1 Å². The van der Waals surface area contributed by atoms with Crippen LogP contribution in [-0.2, 0) is 9.47 Å². The number of nitrogens with zero attached hydrogens (tertiary/aromatic N) is 2. The molecule has 2 N–H and O–H groups in total. The molecule has 1 heterocycles. The van der Waals surface area contributed by atoms with Gasteiger partial charge in [-0.05, 0) is 40.0 Å². The fraction of sp³-hybridized carbons (Fsp3) is 0.947. The number of nitrogens with one attached hydrogen (secondary N) is 2. The normalized spacial score (nSPS) is 22.2. The van der Waals surface area contributed by atoms with Crippen LogP contribution < -0.4 is 10.6 Å². The van der Waals surface area contributed by atoms with Crippen molar-refractivity contribution in [2.75, 3.05) is 46.4 Å². The summed E-state index contributed by atoms with van der Waals surface area (Å²) in [5.41, 5.74) is 0.0459. The number of aliphatic imine (C=N–C) groups is 1. The Hall–Kier alpha value is -0.120. The maximum Gasteiger partial charge on any atom is 0.191 e. The van der Waals surface area contributed by atoms with Gasteiger partial charge in [0.15, 0.2) is 5.96 Å². The lowest BCUT2D eigenvalue weighted by molar-refractivity contribution is -0.0946. The Morgan fingerprint density at radius 1 is 1.23 bits per heavy atom. The van der Waals surface area contributed by atoms with E-state index >= 15 is 0 Å². The zero-order chi connectivity index (χ0) is 18.9. The van der Waals surface area contributed by atoms with Gasteiger partial charge in [0, 0.05) is 52.0 Å². The minimum atomic E-state index is 0. The van der Waals surface area contributed by atoms with Gasteiger partial charge in [-0.1, -0.05) is 13.8 Å². The molecule has 0 aromatic carbocycles. The third-order valence-electron chi connectivity index (χ3n) is 4.40.